The molecule has 0 aliphatic carbocycles. The highest BCUT2D eigenvalue weighted by atomic mass is 32.2. The fourth-order valence-corrected chi connectivity index (χ4v) is 2.49. The smallest absolute Gasteiger partial charge is 0.327 e. The molecule has 1 aromatic carbocycles. The number of rotatable bonds is 3. The second kappa shape index (κ2) is 5.20. The lowest BCUT2D eigenvalue weighted by atomic mass is 10.4. The first-order chi connectivity index (χ1) is 7.75. The van der Waals surface area contributed by atoms with Crippen molar-refractivity contribution in [1.82, 2.24) is 15.0 Å². The Kier molecular flexibility index (Phi) is 3.66. The molecule has 0 saturated carbocycles. The number of nitrogens with two attached hydrogens (primary N) is 1. The number of amides is 2. The summed E-state index contributed by atoms with van der Waals surface area (Å²) in [5.74, 6) is 0. The van der Waals surface area contributed by atoms with E-state index in [4.69, 9.17) is 5.73 Å². The van der Waals surface area contributed by atoms with Gasteiger partial charge in [-0.25, -0.2) is 4.79 Å². The lowest BCUT2D eigenvalue weighted by molar-refractivity contribution is 0.0823. The van der Waals surface area contributed by atoms with Gasteiger partial charge in [0.1, 0.15) is 0 Å². The summed E-state index contributed by atoms with van der Waals surface area (Å²) in [4.78, 5) is 11.9. The summed E-state index contributed by atoms with van der Waals surface area (Å²) in [5, 5.41) is 1.75. The van der Waals surface area contributed by atoms with Gasteiger partial charge in [0.05, 0.1) is 0 Å². The van der Waals surface area contributed by atoms with E-state index in [0.29, 0.717) is 0 Å². The van der Waals surface area contributed by atoms with Gasteiger partial charge in [-0.05, 0) is 30.5 Å². The molecule has 16 heavy (non-hydrogen) atoms. The number of nitrogens with one attached hydrogen (secondary N) is 1. The van der Waals surface area contributed by atoms with Crippen LogP contribution in [0.1, 0.15) is 6.42 Å². The fraction of sp³-hybridized carbons (Fsp3) is 0.300. The molecule has 0 bridgehead atoms. The Hall–Kier alpha value is -1.24. The largest absolute Gasteiger partial charge is 0.351 e. The van der Waals surface area contributed by atoms with Crippen LogP contribution < -0.4 is 11.2 Å². The van der Waals surface area contributed by atoms with Gasteiger partial charge in [-0.3, -0.25) is 5.43 Å². The van der Waals surface area contributed by atoms with E-state index in [-0.39, 0.29) is 0 Å². The highest BCUT2D eigenvalue weighted by Gasteiger charge is 2.23. The summed E-state index contributed by atoms with van der Waals surface area (Å²) in [6.45, 7) is 1.70. The van der Waals surface area contributed by atoms with Gasteiger partial charge < -0.3 is 5.73 Å². The van der Waals surface area contributed by atoms with Crippen LogP contribution in [0.5, 0.6) is 0 Å². The van der Waals surface area contributed by atoms with E-state index in [1.54, 1.807) is 17.1 Å². The number of carbonyl (C=O) groups excluding carboxylic acids is 1. The van der Waals surface area contributed by atoms with Crippen molar-refractivity contribution >= 4 is 18.0 Å². The molecule has 0 atom stereocenters. The Morgan fingerprint density at radius 2 is 2.06 bits per heavy atom. The zero-order valence-corrected chi connectivity index (χ0v) is 9.61. The number of primary amides is 1. The van der Waals surface area contributed by atoms with Gasteiger partial charge in [-0.2, -0.15) is 4.41 Å². The monoisotopic (exact) mass is 238 g/mol. The molecule has 6 heteroatoms. The standard InChI is InChI=1S/C10H14N4OS/c11-10(15)12-13-7-4-8-14(13)16-9-5-2-1-3-6-9/h1-3,5-6H,4,7-8H2,(H3,11,12,15). The number of hydrogen-bond acceptors (Lipinski definition) is 4. The van der Waals surface area contributed by atoms with Crippen LogP contribution in [-0.2, 0) is 0 Å². The van der Waals surface area contributed by atoms with E-state index in [2.05, 4.69) is 5.43 Å². The molecule has 1 aliphatic heterocycles. The van der Waals surface area contributed by atoms with Gasteiger partial charge in [0.15, 0.2) is 0 Å². The molecule has 1 heterocycles. The minimum atomic E-state index is -0.527. The van der Waals surface area contributed by atoms with Crippen molar-refractivity contribution in [1.29, 1.82) is 0 Å². The summed E-state index contributed by atoms with van der Waals surface area (Å²) < 4.78 is 2.00. The molecular formula is C10H14N4OS. The molecule has 0 unspecified atom stereocenters. The van der Waals surface area contributed by atoms with E-state index in [9.17, 15) is 4.79 Å². The van der Waals surface area contributed by atoms with Gasteiger partial charge in [0, 0.05) is 18.0 Å². The van der Waals surface area contributed by atoms with E-state index in [1.807, 2.05) is 34.7 Å². The van der Waals surface area contributed by atoms with Gasteiger partial charge >= 0.3 is 6.03 Å². The Morgan fingerprint density at radius 1 is 1.31 bits per heavy atom. The van der Waals surface area contributed by atoms with Crippen LogP contribution >= 0.6 is 11.9 Å². The Morgan fingerprint density at radius 3 is 2.75 bits per heavy atom. The summed E-state index contributed by atoms with van der Waals surface area (Å²) in [7, 11) is 0. The zero-order chi connectivity index (χ0) is 11.4. The maximum atomic E-state index is 10.8. The van der Waals surface area contributed by atoms with E-state index in [0.717, 1.165) is 24.4 Å². The van der Waals surface area contributed by atoms with Crippen LogP contribution in [0.4, 0.5) is 4.79 Å². The van der Waals surface area contributed by atoms with Gasteiger partial charge in [-0.1, -0.05) is 18.2 Å². The number of hydrazine groups is 2. The molecule has 1 aliphatic rings. The molecule has 1 fully saturated rings. The van der Waals surface area contributed by atoms with Gasteiger partial charge in [0.25, 0.3) is 0 Å². The van der Waals surface area contributed by atoms with E-state index in [1.165, 1.54) is 0 Å². The molecule has 0 radical (unpaired) electrons. The third-order valence-corrected chi connectivity index (χ3v) is 3.26. The molecule has 2 rings (SSSR count). The molecule has 1 saturated heterocycles. The number of benzene rings is 1. The third-order valence-electron chi connectivity index (χ3n) is 2.18. The molecule has 2 amide bonds. The third kappa shape index (κ3) is 2.88. The fourth-order valence-electron chi connectivity index (χ4n) is 1.52. The summed E-state index contributed by atoms with van der Waals surface area (Å²) in [6, 6.07) is 9.50. The van der Waals surface area contributed by atoms with Crippen molar-refractivity contribution in [2.75, 3.05) is 13.1 Å². The first-order valence-corrected chi connectivity index (χ1v) is 5.87. The number of carbonyl (C=O) groups is 1. The SMILES string of the molecule is NC(=O)NN1CCCN1Sc1ccccc1. The van der Waals surface area contributed by atoms with Crippen LogP contribution in [0, 0.1) is 0 Å². The summed E-state index contributed by atoms with van der Waals surface area (Å²) in [5.41, 5.74) is 7.69. The lowest BCUT2D eigenvalue weighted by Crippen LogP contribution is -2.48. The molecular weight excluding hydrogens is 224 g/mol. The normalized spacial score (nSPS) is 17.5. The predicted molar refractivity (Wildman–Crippen MR) is 63.0 cm³/mol. The molecule has 0 aromatic heterocycles. The Bertz CT molecular complexity index is 359. The molecule has 3 N–H and O–H groups in total. The van der Waals surface area contributed by atoms with Crippen LogP contribution in [0.2, 0.25) is 0 Å². The zero-order valence-electron chi connectivity index (χ0n) is 8.80. The van der Waals surface area contributed by atoms with Crippen molar-refractivity contribution in [3.63, 3.8) is 0 Å². The topological polar surface area (TPSA) is 61.6 Å². The number of nitrogens with zero attached hydrogens (tertiary/aromatic N) is 2. The highest BCUT2D eigenvalue weighted by Crippen LogP contribution is 2.26. The van der Waals surface area contributed by atoms with Crippen LogP contribution in [0.15, 0.2) is 35.2 Å². The van der Waals surface area contributed by atoms with Gasteiger partial charge in [0.2, 0.25) is 0 Å². The first-order valence-electron chi connectivity index (χ1n) is 5.10. The highest BCUT2D eigenvalue weighted by molar-refractivity contribution is 7.97. The van der Waals surface area contributed by atoms with Crippen LogP contribution in [-0.4, -0.2) is 28.7 Å². The summed E-state index contributed by atoms with van der Waals surface area (Å²) in [6.07, 6.45) is 1.01. The van der Waals surface area contributed by atoms with Crippen molar-refractivity contribution in [2.45, 2.75) is 11.3 Å². The minimum Gasteiger partial charge on any atom is -0.351 e. The molecule has 5 nitrogen and oxygen atoms in total. The quantitative estimate of drug-likeness (QED) is 0.777. The Labute approximate surface area is 98.7 Å². The second-order valence-corrected chi connectivity index (χ2v) is 4.51. The van der Waals surface area contributed by atoms with Crippen molar-refractivity contribution in [2.24, 2.45) is 5.73 Å². The maximum Gasteiger partial charge on any atom is 0.327 e. The van der Waals surface area contributed by atoms with Crippen LogP contribution in [0.25, 0.3) is 0 Å². The molecule has 0 spiro atoms. The van der Waals surface area contributed by atoms with Gasteiger partial charge in [-0.15, -0.1) is 5.12 Å². The lowest BCUT2D eigenvalue weighted by Gasteiger charge is -2.25. The number of hydrogen-bond donors (Lipinski definition) is 2. The van der Waals surface area contributed by atoms with E-state index >= 15 is 0 Å². The Balaban J connectivity index is 1.96. The first kappa shape index (κ1) is 11.3. The predicted octanol–water partition coefficient (Wildman–Crippen LogP) is 1.20. The van der Waals surface area contributed by atoms with Crippen molar-refractivity contribution in [3.8, 4) is 0 Å². The maximum absolute atomic E-state index is 10.8. The molecule has 1 aromatic rings. The minimum absolute atomic E-state index is 0.527. The van der Waals surface area contributed by atoms with E-state index < -0.39 is 6.03 Å². The number of urea groups is 1. The van der Waals surface area contributed by atoms with Crippen LogP contribution in [0.3, 0.4) is 0 Å². The average Bonchev–Trinajstić information content (AvgIpc) is 2.66. The van der Waals surface area contributed by atoms with Crippen molar-refractivity contribution < 1.29 is 4.79 Å². The summed E-state index contributed by atoms with van der Waals surface area (Å²) >= 11 is 1.59. The second-order valence-electron chi connectivity index (χ2n) is 3.43. The van der Waals surface area contributed by atoms with Crippen molar-refractivity contribution in [3.05, 3.63) is 30.3 Å². The molecule has 86 valence electrons. The average molecular weight is 238 g/mol.